The first-order valence-electron chi connectivity index (χ1n) is 8.91. The normalized spacial score (nSPS) is 11.3. The van der Waals surface area contributed by atoms with E-state index in [1.807, 2.05) is 6.08 Å². The van der Waals surface area contributed by atoms with Gasteiger partial charge >= 0.3 is 5.97 Å². The Morgan fingerprint density at radius 1 is 0.870 bits per heavy atom. The van der Waals surface area contributed by atoms with Crippen molar-refractivity contribution in [1.29, 1.82) is 0 Å². The van der Waals surface area contributed by atoms with Crippen LogP contribution in [0.3, 0.4) is 0 Å². The van der Waals surface area contributed by atoms with E-state index in [-0.39, 0.29) is 19.2 Å². The Bertz CT molecular complexity index is 308. The fraction of sp³-hybridized carbons (Fsp3) is 0.737. The molecule has 0 bridgehead atoms. The minimum atomic E-state index is -0.772. The van der Waals surface area contributed by atoms with Crippen LogP contribution in [0, 0.1) is 0 Å². The smallest absolute Gasteiger partial charge is 0.306 e. The summed E-state index contributed by atoms with van der Waals surface area (Å²) in [6.45, 7) is 3.06. The zero-order valence-electron chi connectivity index (χ0n) is 14.4. The molecule has 0 saturated heterocycles. The van der Waals surface area contributed by atoms with Crippen LogP contribution in [0.15, 0.2) is 24.8 Å². The number of allylic oxidation sites excluding steroid dienone is 3. The van der Waals surface area contributed by atoms with E-state index in [4.69, 9.17) is 14.9 Å². The van der Waals surface area contributed by atoms with Crippen molar-refractivity contribution in [1.82, 2.24) is 0 Å². The predicted octanol–water partition coefficient (Wildman–Crippen LogP) is 3.92. The summed E-state index contributed by atoms with van der Waals surface area (Å²) < 4.78 is 4.90. The van der Waals surface area contributed by atoms with Gasteiger partial charge in [-0.3, -0.25) is 4.79 Å². The van der Waals surface area contributed by atoms with Crippen molar-refractivity contribution in [2.45, 2.75) is 76.7 Å². The molecule has 0 aliphatic rings. The monoisotopic (exact) mass is 326 g/mol. The number of hydrogen-bond acceptors (Lipinski definition) is 4. The second-order valence-electron chi connectivity index (χ2n) is 5.83. The average Bonchev–Trinajstić information content (AvgIpc) is 2.56. The van der Waals surface area contributed by atoms with Crippen LogP contribution in [-0.4, -0.2) is 35.5 Å². The summed E-state index contributed by atoms with van der Waals surface area (Å²) >= 11 is 0. The van der Waals surface area contributed by atoms with Gasteiger partial charge < -0.3 is 14.9 Å². The fourth-order valence-corrected chi connectivity index (χ4v) is 2.23. The van der Waals surface area contributed by atoms with E-state index in [1.54, 1.807) is 0 Å². The summed E-state index contributed by atoms with van der Waals surface area (Å²) in [6, 6.07) is 0. The molecule has 0 unspecified atom stereocenters. The molecular formula is C19H34O4. The number of unbranched alkanes of at least 4 members (excludes halogenated alkanes) is 8. The van der Waals surface area contributed by atoms with E-state index in [1.165, 1.54) is 32.1 Å². The molecular weight excluding hydrogens is 292 g/mol. The zero-order chi connectivity index (χ0) is 17.2. The number of rotatable bonds is 16. The maximum Gasteiger partial charge on any atom is 0.306 e. The van der Waals surface area contributed by atoms with Crippen molar-refractivity contribution in [3.8, 4) is 0 Å². The summed E-state index contributed by atoms with van der Waals surface area (Å²) in [5.41, 5.74) is 0. The third kappa shape index (κ3) is 15.5. The molecule has 0 heterocycles. The van der Waals surface area contributed by atoms with E-state index in [9.17, 15) is 4.79 Å². The summed E-state index contributed by atoms with van der Waals surface area (Å²) in [5.74, 6) is -0.336. The highest BCUT2D eigenvalue weighted by molar-refractivity contribution is 5.69. The quantitative estimate of drug-likeness (QED) is 0.256. The highest BCUT2D eigenvalue weighted by Crippen LogP contribution is 2.09. The lowest BCUT2D eigenvalue weighted by Crippen LogP contribution is -2.25. The van der Waals surface area contributed by atoms with Gasteiger partial charge in [0.15, 0.2) is 0 Å². The number of hydrogen-bond donors (Lipinski definition) is 2. The fourth-order valence-electron chi connectivity index (χ4n) is 2.23. The topological polar surface area (TPSA) is 66.8 Å². The number of aliphatic hydroxyl groups is 2. The Kier molecular flexibility index (Phi) is 16.4. The molecule has 0 aliphatic carbocycles. The lowest BCUT2D eigenvalue weighted by atomic mass is 10.1. The van der Waals surface area contributed by atoms with E-state index < -0.39 is 6.10 Å². The van der Waals surface area contributed by atoms with Gasteiger partial charge in [0.1, 0.15) is 6.10 Å². The average molecular weight is 326 g/mol. The molecule has 2 N–H and O–H groups in total. The number of ether oxygens (including phenoxy) is 1. The van der Waals surface area contributed by atoms with Gasteiger partial charge in [0.05, 0.1) is 13.2 Å². The lowest BCUT2D eigenvalue weighted by Gasteiger charge is -2.12. The molecule has 4 heteroatoms. The summed E-state index contributed by atoms with van der Waals surface area (Å²) in [7, 11) is 0. The Labute approximate surface area is 141 Å². The van der Waals surface area contributed by atoms with Crippen molar-refractivity contribution in [2.75, 3.05) is 13.2 Å². The first-order chi connectivity index (χ1) is 11.2. The standard InChI is InChI=1S/C19H34O4/c1-2-3-4-5-6-7-8-9-10-11-12-13-14-15-19(22)23-18(16-20)17-21/h2,7-8,18,20-21H,1,3-6,9-17H2/b8-7-. The minimum Gasteiger partial charge on any atom is -0.457 e. The Balaban J connectivity index is 3.31. The molecule has 0 fully saturated rings. The van der Waals surface area contributed by atoms with E-state index in [2.05, 4.69) is 18.7 Å². The molecule has 0 rings (SSSR count). The maximum absolute atomic E-state index is 11.4. The second kappa shape index (κ2) is 17.2. The third-order valence-electron chi connectivity index (χ3n) is 3.65. The molecule has 0 atom stereocenters. The maximum atomic E-state index is 11.4. The van der Waals surface area contributed by atoms with Crippen LogP contribution in [0.4, 0.5) is 0 Å². The predicted molar refractivity (Wildman–Crippen MR) is 94.2 cm³/mol. The van der Waals surface area contributed by atoms with Gasteiger partial charge in [-0.1, -0.05) is 37.5 Å². The van der Waals surface area contributed by atoms with Crippen LogP contribution in [0.2, 0.25) is 0 Å². The zero-order valence-corrected chi connectivity index (χ0v) is 14.4. The highest BCUT2D eigenvalue weighted by Gasteiger charge is 2.11. The van der Waals surface area contributed by atoms with Crippen LogP contribution in [0.1, 0.15) is 70.6 Å². The number of esters is 1. The molecule has 134 valence electrons. The molecule has 0 aromatic rings. The number of carbonyl (C=O) groups is 1. The Morgan fingerprint density at radius 2 is 1.39 bits per heavy atom. The molecule has 4 nitrogen and oxygen atoms in total. The first-order valence-corrected chi connectivity index (χ1v) is 8.91. The van der Waals surface area contributed by atoms with Gasteiger partial charge in [0.25, 0.3) is 0 Å². The van der Waals surface area contributed by atoms with Crippen molar-refractivity contribution in [3.63, 3.8) is 0 Å². The molecule has 0 aromatic heterocycles. The van der Waals surface area contributed by atoms with Crippen LogP contribution < -0.4 is 0 Å². The van der Waals surface area contributed by atoms with Crippen LogP contribution >= 0.6 is 0 Å². The second-order valence-corrected chi connectivity index (χ2v) is 5.83. The van der Waals surface area contributed by atoms with Crippen molar-refractivity contribution in [2.24, 2.45) is 0 Å². The number of carbonyl (C=O) groups excluding carboxylic acids is 1. The summed E-state index contributed by atoms with van der Waals surface area (Å²) in [6.07, 6.45) is 17.3. The SMILES string of the molecule is C=CCCCC/C=C\CCCCCCCC(=O)OC(CO)CO. The number of aliphatic hydroxyl groups excluding tert-OH is 2. The summed E-state index contributed by atoms with van der Waals surface area (Å²) in [4.78, 5) is 11.4. The summed E-state index contributed by atoms with van der Waals surface area (Å²) in [5, 5.41) is 17.6. The lowest BCUT2D eigenvalue weighted by molar-refractivity contribution is -0.153. The van der Waals surface area contributed by atoms with Crippen molar-refractivity contribution < 1.29 is 19.7 Å². The molecule has 0 radical (unpaired) electrons. The van der Waals surface area contributed by atoms with Gasteiger partial charge in [0.2, 0.25) is 0 Å². The molecule has 0 spiro atoms. The van der Waals surface area contributed by atoms with Crippen LogP contribution in [0.25, 0.3) is 0 Å². The Morgan fingerprint density at radius 3 is 2.00 bits per heavy atom. The van der Waals surface area contributed by atoms with E-state index in [0.717, 1.165) is 32.1 Å². The van der Waals surface area contributed by atoms with Gasteiger partial charge in [-0.25, -0.2) is 0 Å². The minimum absolute atomic E-state index is 0.329. The van der Waals surface area contributed by atoms with E-state index >= 15 is 0 Å². The molecule has 0 amide bonds. The van der Waals surface area contributed by atoms with Crippen LogP contribution in [0.5, 0.6) is 0 Å². The van der Waals surface area contributed by atoms with Crippen molar-refractivity contribution in [3.05, 3.63) is 24.8 Å². The van der Waals surface area contributed by atoms with Crippen LogP contribution in [-0.2, 0) is 9.53 Å². The molecule has 0 saturated carbocycles. The highest BCUT2D eigenvalue weighted by atomic mass is 16.6. The Hall–Kier alpha value is -1.13. The third-order valence-corrected chi connectivity index (χ3v) is 3.65. The first kappa shape index (κ1) is 21.9. The van der Waals surface area contributed by atoms with Gasteiger partial charge in [-0.15, -0.1) is 6.58 Å². The van der Waals surface area contributed by atoms with Gasteiger partial charge in [0, 0.05) is 6.42 Å². The molecule has 23 heavy (non-hydrogen) atoms. The molecule has 0 aliphatic heterocycles. The van der Waals surface area contributed by atoms with Gasteiger partial charge in [-0.2, -0.15) is 0 Å². The molecule has 0 aromatic carbocycles. The van der Waals surface area contributed by atoms with Crippen molar-refractivity contribution >= 4 is 5.97 Å². The van der Waals surface area contributed by atoms with E-state index in [0.29, 0.717) is 6.42 Å². The van der Waals surface area contributed by atoms with Gasteiger partial charge in [-0.05, 0) is 44.9 Å². The largest absolute Gasteiger partial charge is 0.457 e.